The van der Waals surface area contributed by atoms with Crippen LogP contribution in [0.25, 0.3) is 0 Å². The van der Waals surface area contributed by atoms with Gasteiger partial charge in [0.05, 0.1) is 6.04 Å². The third-order valence-corrected chi connectivity index (χ3v) is 4.03. The number of amides is 2. The Morgan fingerprint density at radius 2 is 1.96 bits per heavy atom. The minimum atomic E-state index is -0.518. The van der Waals surface area contributed by atoms with Crippen molar-refractivity contribution >= 4 is 41.7 Å². The topological polar surface area (TPSA) is 84.2 Å². The first-order chi connectivity index (χ1) is 10.8. The molecule has 4 N–H and O–H groups in total. The molecule has 0 radical (unpaired) electrons. The molecule has 1 aromatic rings. The van der Waals surface area contributed by atoms with Crippen molar-refractivity contribution < 1.29 is 9.59 Å². The second-order valence-electron chi connectivity index (χ2n) is 6.01. The van der Waals surface area contributed by atoms with Gasteiger partial charge in [-0.2, -0.15) is 11.8 Å². The lowest BCUT2D eigenvalue weighted by Crippen LogP contribution is -2.36. The van der Waals surface area contributed by atoms with Gasteiger partial charge >= 0.3 is 0 Å². The minimum absolute atomic E-state index is 0. The van der Waals surface area contributed by atoms with Gasteiger partial charge in [-0.25, -0.2) is 0 Å². The smallest absolute Gasteiger partial charge is 0.251 e. The van der Waals surface area contributed by atoms with Crippen LogP contribution in [0.2, 0.25) is 0 Å². The second kappa shape index (κ2) is 11.3. The predicted octanol–water partition coefficient (Wildman–Crippen LogP) is 2.82. The predicted molar refractivity (Wildman–Crippen MR) is 105 cm³/mol. The summed E-state index contributed by atoms with van der Waals surface area (Å²) in [5, 5.41) is 5.71. The zero-order valence-corrected chi connectivity index (χ0v) is 16.4. The molecule has 0 aliphatic carbocycles. The fourth-order valence-electron chi connectivity index (χ4n) is 1.95. The van der Waals surface area contributed by atoms with Crippen LogP contribution in [-0.4, -0.2) is 36.4 Å². The van der Waals surface area contributed by atoms with Crippen LogP contribution in [0.1, 0.15) is 36.2 Å². The monoisotopic (exact) mass is 373 g/mol. The number of aryl methyl sites for hydroxylation is 1. The van der Waals surface area contributed by atoms with Gasteiger partial charge in [0.15, 0.2) is 0 Å². The van der Waals surface area contributed by atoms with Crippen LogP contribution in [0.5, 0.6) is 0 Å². The molecule has 0 aliphatic heterocycles. The highest BCUT2D eigenvalue weighted by Gasteiger charge is 2.15. The van der Waals surface area contributed by atoms with E-state index in [1.807, 2.05) is 27.0 Å². The third kappa shape index (κ3) is 7.55. The minimum Gasteiger partial charge on any atom is -0.352 e. The lowest BCUT2D eigenvalue weighted by molar-refractivity contribution is -0.117. The lowest BCUT2D eigenvalue weighted by Gasteiger charge is -2.14. The molecule has 2 amide bonds. The second-order valence-corrected chi connectivity index (χ2v) is 7.00. The molecule has 1 atom stereocenters. The van der Waals surface area contributed by atoms with Gasteiger partial charge in [-0.1, -0.05) is 13.8 Å². The van der Waals surface area contributed by atoms with Crippen LogP contribution in [0.4, 0.5) is 5.69 Å². The number of nitrogens with one attached hydrogen (secondary N) is 2. The lowest BCUT2D eigenvalue weighted by atomic mass is 10.1. The number of benzene rings is 1. The number of nitrogens with two attached hydrogens (primary N) is 1. The Kier molecular flexibility index (Phi) is 10.8. The summed E-state index contributed by atoms with van der Waals surface area (Å²) in [5.41, 5.74) is 7.98. The van der Waals surface area contributed by atoms with Gasteiger partial charge in [-0.3, -0.25) is 9.59 Å². The van der Waals surface area contributed by atoms with E-state index in [2.05, 4.69) is 10.6 Å². The number of anilines is 1. The summed E-state index contributed by atoms with van der Waals surface area (Å²) >= 11 is 1.66. The highest BCUT2D eigenvalue weighted by molar-refractivity contribution is 7.98. The molecular formula is C17H28ClN3O2S. The van der Waals surface area contributed by atoms with E-state index in [0.717, 1.165) is 11.3 Å². The fourth-order valence-corrected chi connectivity index (χ4v) is 2.44. The van der Waals surface area contributed by atoms with E-state index >= 15 is 0 Å². The van der Waals surface area contributed by atoms with Gasteiger partial charge in [0.2, 0.25) is 5.91 Å². The molecule has 7 heteroatoms. The van der Waals surface area contributed by atoms with Gasteiger partial charge < -0.3 is 16.4 Å². The molecule has 5 nitrogen and oxygen atoms in total. The van der Waals surface area contributed by atoms with Gasteiger partial charge in [-0.05, 0) is 55.0 Å². The Labute approximate surface area is 154 Å². The molecule has 1 aromatic carbocycles. The third-order valence-electron chi connectivity index (χ3n) is 3.39. The summed E-state index contributed by atoms with van der Waals surface area (Å²) in [6.45, 7) is 6.60. The Bertz CT molecular complexity index is 553. The van der Waals surface area contributed by atoms with Crippen molar-refractivity contribution in [3.8, 4) is 0 Å². The molecule has 0 heterocycles. The number of carbonyl (C=O) groups is 2. The maximum absolute atomic E-state index is 12.0. The van der Waals surface area contributed by atoms with Crippen molar-refractivity contribution in [1.29, 1.82) is 0 Å². The number of hydrogen-bond acceptors (Lipinski definition) is 4. The zero-order chi connectivity index (χ0) is 17.4. The summed E-state index contributed by atoms with van der Waals surface area (Å²) in [6.07, 6.45) is 2.62. The molecule has 0 spiro atoms. The molecule has 0 saturated heterocycles. The maximum Gasteiger partial charge on any atom is 0.251 e. The van der Waals surface area contributed by atoms with E-state index in [4.69, 9.17) is 5.73 Å². The number of halogens is 1. The summed E-state index contributed by atoms with van der Waals surface area (Å²) in [7, 11) is 0. The van der Waals surface area contributed by atoms with Crippen LogP contribution < -0.4 is 16.4 Å². The van der Waals surface area contributed by atoms with Crippen LogP contribution >= 0.6 is 24.2 Å². The number of hydrogen-bond donors (Lipinski definition) is 3. The van der Waals surface area contributed by atoms with E-state index in [9.17, 15) is 9.59 Å². The standard InChI is InChI=1S/C17H27N3O2S.ClH/c1-11(2)10-19-16(21)13-5-6-15(12(3)9-13)20-17(22)14(18)7-8-23-4;/h5-6,9,11,14H,7-8,10,18H2,1-4H3,(H,19,21)(H,20,22);1H/t14-;/m0./s1. The molecule has 0 saturated carbocycles. The van der Waals surface area contributed by atoms with Gasteiger partial charge in [0, 0.05) is 17.8 Å². The quantitative estimate of drug-likeness (QED) is 0.654. The van der Waals surface area contributed by atoms with E-state index in [0.29, 0.717) is 30.1 Å². The molecule has 0 unspecified atom stereocenters. The molecule has 0 aliphatic rings. The van der Waals surface area contributed by atoms with Crippen molar-refractivity contribution in [1.82, 2.24) is 5.32 Å². The molecule has 1 rings (SSSR count). The van der Waals surface area contributed by atoms with E-state index in [1.165, 1.54) is 0 Å². The van der Waals surface area contributed by atoms with Gasteiger partial charge in [0.1, 0.15) is 0 Å². The molecule has 136 valence electrons. The number of rotatable bonds is 8. The number of carbonyl (C=O) groups excluding carboxylic acids is 2. The molecular weight excluding hydrogens is 346 g/mol. The first-order valence-electron chi connectivity index (χ1n) is 7.79. The fraction of sp³-hybridized carbons (Fsp3) is 0.529. The van der Waals surface area contributed by atoms with E-state index in [1.54, 1.807) is 30.0 Å². The Balaban J connectivity index is 0.00000529. The summed E-state index contributed by atoms with van der Waals surface area (Å²) < 4.78 is 0. The highest BCUT2D eigenvalue weighted by atomic mass is 35.5. The SMILES string of the molecule is CSCC[C@H](N)C(=O)Nc1ccc(C(=O)NCC(C)C)cc1C.Cl. The normalized spacial score (nSPS) is 11.6. The average molecular weight is 374 g/mol. The molecule has 0 aromatic heterocycles. The van der Waals surface area contributed by atoms with Crippen molar-refractivity contribution in [3.05, 3.63) is 29.3 Å². The summed E-state index contributed by atoms with van der Waals surface area (Å²) in [6, 6.07) is 4.72. The van der Waals surface area contributed by atoms with Crippen molar-refractivity contribution in [3.63, 3.8) is 0 Å². The first-order valence-corrected chi connectivity index (χ1v) is 9.18. The largest absolute Gasteiger partial charge is 0.352 e. The van der Waals surface area contributed by atoms with E-state index in [-0.39, 0.29) is 24.2 Å². The summed E-state index contributed by atoms with van der Waals surface area (Å²) in [4.78, 5) is 24.1. The number of thioether (sulfide) groups is 1. The van der Waals surface area contributed by atoms with Gasteiger partial charge in [-0.15, -0.1) is 12.4 Å². The van der Waals surface area contributed by atoms with Gasteiger partial charge in [0.25, 0.3) is 5.91 Å². The van der Waals surface area contributed by atoms with Crippen molar-refractivity contribution in [2.24, 2.45) is 11.7 Å². The van der Waals surface area contributed by atoms with Crippen LogP contribution in [0, 0.1) is 12.8 Å². The van der Waals surface area contributed by atoms with Crippen LogP contribution in [-0.2, 0) is 4.79 Å². The van der Waals surface area contributed by atoms with Crippen LogP contribution in [0.3, 0.4) is 0 Å². The summed E-state index contributed by atoms with van der Waals surface area (Å²) in [5.74, 6) is 0.958. The van der Waals surface area contributed by atoms with Crippen LogP contribution in [0.15, 0.2) is 18.2 Å². The Morgan fingerprint density at radius 3 is 2.50 bits per heavy atom. The van der Waals surface area contributed by atoms with E-state index < -0.39 is 6.04 Å². The molecule has 0 bridgehead atoms. The first kappa shape index (κ1) is 22.8. The average Bonchev–Trinajstić information content (AvgIpc) is 2.51. The highest BCUT2D eigenvalue weighted by Crippen LogP contribution is 2.17. The van der Waals surface area contributed by atoms with Crippen molar-refractivity contribution in [2.75, 3.05) is 23.9 Å². The molecule has 0 fully saturated rings. The Hall–Kier alpha value is -1.24. The Morgan fingerprint density at radius 1 is 1.29 bits per heavy atom. The maximum atomic E-state index is 12.0. The van der Waals surface area contributed by atoms with Crippen molar-refractivity contribution in [2.45, 2.75) is 33.2 Å². The molecule has 24 heavy (non-hydrogen) atoms. The zero-order valence-electron chi connectivity index (χ0n) is 14.7.